The van der Waals surface area contributed by atoms with Gasteiger partial charge in [-0.3, -0.25) is 4.79 Å². The highest BCUT2D eigenvalue weighted by molar-refractivity contribution is 9.10. The van der Waals surface area contributed by atoms with Crippen LogP contribution in [0.2, 0.25) is 5.02 Å². The minimum absolute atomic E-state index is 0.126. The van der Waals surface area contributed by atoms with E-state index in [0.717, 1.165) is 11.1 Å². The Kier molecular flexibility index (Phi) is 7.66. The van der Waals surface area contributed by atoms with Gasteiger partial charge in [-0.25, -0.2) is 9.78 Å². The minimum Gasteiger partial charge on any atom is -0.497 e. The number of hydrogen-bond acceptors (Lipinski definition) is 5. The monoisotopic (exact) mass is 570 g/mol. The lowest BCUT2D eigenvalue weighted by molar-refractivity contribution is -0.145. The average Bonchev–Trinajstić information content (AvgIpc) is 3.14. The molecule has 4 aromatic rings. The summed E-state index contributed by atoms with van der Waals surface area (Å²) >= 11 is 9.95. The molecule has 0 spiro atoms. The summed E-state index contributed by atoms with van der Waals surface area (Å²) < 4.78 is 13.4. The molecule has 1 atom stereocenters. The molecular formula is C27H24BrClN2O5. The number of methoxy groups -OCH3 is 1. The maximum absolute atomic E-state index is 13.6. The highest BCUT2D eigenvalue weighted by Crippen LogP contribution is 2.32. The molecule has 2 heterocycles. The molecule has 1 N–H and O–H groups in total. The van der Waals surface area contributed by atoms with Gasteiger partial charge in [0.1, 0.15) is 21.7 Å². The number of aromatic nitrogens is 2. The molecule has 2 aromatic carbocycles. The Bertz CT molecular complexity index is 1450. The maximum Gasteiger partial charge on any atom is 0.344 e. The van der Waals surface area contributed by atoms with Crippen molar-refractivity contribution >= 4 is 50.3 Å². The smallest absolute Gasteiger partial charge is 0.344 e. The summed E-state index contributed by atoms with van der Waals surface area (Å²) in [5.74, 6) is -0.0851. The third kappa shape index (κ3) is 5.10. The van der Waals surface area contributed by atoms with Crippen molar-refractivity contribution in [3.8, 4) is 11.5 Å². The van der Waals surface area contributed by atoms with Crippen molar-refractivity contribution in [2.24, 2.45) is 0 Å². The van der Waals surface area contributed by atoms with E-state index in [1.54, 1.807) is 62.6 Å². The topological polar surface area (TPSA) is 90.7 Å². The molecule has 0 unspecified atom stereocenters. The lowest BCUT2D eigenvalue weighted by atomic mass is 10.0. The summed E-state index contributed by atoms with van der Waals surface area (Å²) in [6.07, 6.45) is -0.636. The van der Waals surface area contributed by atoms with Gasteiger partial charge in [0.25, 0.3) is 0 Å². The molecule has 186 valence electrons. The molecule has 7 nitrogen and oxygen atoms in total. The Labute approximate surface area is 221 Å². The summed E-state index contributed by atoms with van der Waals surface area (Å²) in [5, 5.41) is 10.6. The van der Waals surface area contributed by atoms with Gasteiger partial charge in [0.2, 0.25) is 0 Å². The van der Waals surface area contributed by atoms with E-state index in [1.807, 2.05) is 17.6 Å². The van der Waals surface area contributed by atoms with Gasteiger partial charge < -0.3 is 19.1 Å². The molecule has 0 aliphatic carbocycles. The summed E-state index contributed by atoms with van der Waals surface area (Å²) in [7, 11) is 1.58. The van der Waals surface area contributed by atoms with Gasteiger partial charge in [0.05, 0.1) is 19.2 Å². The van der Waals surface area contributed by atoms with Crippen molar-refractivity contribution < 1.29 is 24.2 Å². The third-order valence-electron chi connectivity index (χ3n) is 5.98. The molecule has 0 radical (unpaired) electrons. The first-order valence-electron chi connectivity index (χ1n) is 11.3. The highest BCUT2D eigenvalue weighted by atomic mass is 79.9. The van der Waals surface area contributed by atoms with Crippen LogP contribution in [0.4, 0.5) is 0 Å². The number of halogens is 2. The number of ether oxygens (including phenoxy) is 2. The molecule has 4 rings (SSSR count). The zero-order valence-corrected chi connectivity index (χ0v) is 22.3. The second-order valence-electron chi connectivity index (χ2n) is 8.22. The van der Waals surface area contributed by atoms with Crippen LogP contribution in [0.3, 0.4) is 0 Å². The number of carbonyl (C=O) groups is 2. The normalized spacial score (nSPS) is 11.9. The number of hydrogen-bond donors (Lipinski definition) is 1. The second kappa shape index (κ2) is 10.7. The van der Waals surface area contributed by atoms with Crippen molar-refractivity contribution in [2.75, 3.05) is 7.11 Å². The molecule has 0 saturated heterocycles. The molecule has 0 bridgehead atoms. The van der Waals surface area contributed by atoms with Crippen LogP contribution in [-0.4, -0.2) is 39.6 Å². The van der Waals surface area contributed by atoms with Crippen molar-refractivity contribution in [3.63, 3.8) is 0 Å². The fourth-order valence-corrected chi connectivity index (χ4v) is 4.55. The summed E-state index contributed by atoms with van der Waals surface area (Å²) in [5.41, 5.74) is 3.15. The largest absolute Gasteiger partial charge is 0.497 e. The predicted molar refractivity (Wildman–Crippen MR) is 141 cm³/mol. The first-order valence-corrected chi connectivity index (χ1v) is 12.4. The van der Waals surface area contributed by atoms with E-state index in [4.69, 9.17) is 21.1 Å². The first-order chi connectivity index (χ1) is 17.2. The van der Waals surface area contributed by atoms with E-state index < -0.39 is 12.1 Å². The van der Waals surface area contributed by atoms with Gasteiger partial charge in [-0.15, -0.1) is 0 Å². The number of ketones is 1. The van der Waals surface area contributed by atoms with Gasteiger partial charge >= 0.3 is 5.97 Å². The van der Waals surface area contributed by atoms with E-state index in [0.29, 0.717) is 56.4 Å². The zero-order valence-electron chi connectivity index (χ0n) is 19.9. The quantitative estimate of drug-likeness (QED) is 0.188. The molecule has 2 aromatic heterocycles. The first kappa shape index (κ1) is 25.7. The standard InChI is InChI=1S/C27H24BrClN2O5/c1-4-22(27(33)34)36-19-9-11-21(29)17(13-19)14-31-15(2)24(20-10-12-23(28)30-26(20)31)25(32)16-5-7-18(35-3)8-6-16/h5-13,22H,4,14H2,1-3H3,(H,33,34)/t22-/m1/s1. The summed E-state index contributed by atoms with van der Waals surface area (Å²) in [4.78, 5) is 29.6. The van der Waals surface area contributed by atoms with E-state index in [9.17, 15) is 14.7 Å². The van der Waals surface area contributed by atoms with E-state index in [2.05, 4.69) is 20.9 Å². The average molecular weight is 572 g/mol. The van der Waals surface area contributed by atoms with E-state index in [1.165, 1.54) is 0 Å². The number of carbonyl (C=O) groups excluding carboxylic acids is 1. The fraction of sp³-hybridized carbons (Fsp3) is 0.222. The van der Waals surface area contributed by atoms with Gasteiger partial charge in [0.15, 0.2) is 11.9 Å². The molecule has 0 amide bonds. The van der Waals surface area contributed by atoms with Crippen molar-refractivity contribution in [1.82, 2.24) is 9.55 Å². The van der Waals surface area contributed by atoms with Crippen molar-refractivity contribution in [2.45, 2.75) is 32.9 Å². The maximum atomic E-state index is 13.6. The van der Waals surface area contributed by atoms with E-state index >= 15 is 0 Å². The van der Waals surface area contributed by atoms with Crippen LogP contribution in [0, 0.1) is 6.92 Å². The third-order valence-corrected chi connectivity index (χ3v) is 6.79. The number of benzene rings is 2. The predicted octanol–water partition coefficient (Wildman–Crippen LogP) is 6.29. The Morgan fingerprint density at radius 3 is 2.44 bits per heavy atom. The molecule has 9 heteroatoms. The molecular weight excluding hydrogens is 548 g/mol. The molecule has 0 aliphatic rings. The molecule has 0 fully saturated rings. The van der Waals surface area contributed by atoms with Crippen LogP contribution in [0.25, 0.3) is 11.0 Å². The Morgan fingerprint density at radius 1 is 1.11 bits per heavy atom. The zero-order chi connectivity index (χ0) is 26.0. The van der Waals surface area contributed by atoms with Crippen molar-refractivity contribution in [3.05, 3.63) is 86.6 Å². The van der Waals surface area contributed by atoms with Gasteiger partial charge in [0, 0.05) is 21.7 Å². The van der Waals surface area contributed by atoms with Crippen LogP contribution in [0.15, 0.2) is 59.2 Å². The Balaban J connectivity index is 1.78. The number of aliphatic carboxylic acids is 1. The number of rotatable bonds is 9. The number of carboxylic acid groups (broad SMARTS) is 1. The van der Waals surface area contributed by atoms with Gasteiger partial charge in [-0.2, -0.15) is 0 Å². The van der Waals surface area contributed by atoms with Crippen LogP contribution in [0.1, 0.15) is 40.5 Å². The number of nitrogens with zero attached hydrogens (tertiary/aromatic N) is 2. The second-order valence-corrected chi connectivity index (χ2v) is 9.44. The fourth-order valence-electron chi connectivity index (χ4n) is 4.07. The van der Waals surface area contributed by atoms with Crippen LogP contribution < -0.4 is 9.47 Å². The SMILES string of the molecule is CC[C@@H](Oc1ccc(Cl)c(Cn2c(C)c(C(=O)c3ccc(OC)cc3)c3ccc(Br)nc32)c1)C(=O)O. The van der Waals surface area contributed by atoms with Gasteiger partial charge in [-0.1, -0.05) is 18.5 Å². The number of fused-ring (bicyclic) bond motifs is 1. The minimum atomic E-state index is -1.03. The lowest BCUT2D eigenvalue weighted by Crippen LogP contribution is -2.25. The Morgan fingerprint density at radius 2 is 1.81 bits per heavy atom. The molecule has 0 saturated carbocycles. The van der Waals surface area contributed by atoms with Crippen LogP contribution in [-0.2, 0) is 11.3 Å². The summed E-state index contributed by atoms with van der Waals surface area (Å²) in [6.45, 7) is 3.93. The van der Waals surface area contributed by atoms with Crippen LogP contribution in [0.5, 0.6) is 11.5 Å². The van der Waals surface area contributed by atoms with Crippen LogP contribution >= 0.6 is 27.5 Å². The molecule has 0 aliphatic heterocycles. The number of carboxylic acids is 1. The van der Waals surface area contributed by atoms with E-state index in [-0.39, 0.29) is 5.78 Å². The number of pyridine rings is 1. The van der Waals surface area contributed by atoms with Gasteiger partial charge in [-0.05, 0) is 89.4 Å². The Hall–Kier alpha value is -3.36. The van der Waals surface area contributed by atoms with Crippen molar-refractivity contribution in [1.29, 1.82) is 0 Å². The molecule has 36 heavy (non-hydrogen) atoms. The lowest BCUT2D eigenvalue weighted by Gasteiger charge is -2.15. The summed E-state index contributed by atoms with van der Waals surface area (Å²) in [6, 6.07) is 15.7. The highest BCUT2D eigenvalue weighted by Gasteiger charge is 2.23.